The van der Waals surface area contributed by atoms with E-state index in [-0.39, 0.29) is 12.1 Å². The van der Waals surface area contributed by atoms with Gasteiger partial charge in [0.15, 0.2) is 6.61 Å². The fourth-order valence-corrected chi connectivity index (χ4v) is 3.13. The molecule has 0 radical (unpaired) electrons. The summed E-state index contributed by atoms with van der Waals surface area (Å²) in [6.07, 6.45) is 1.98. The van der Waals surface area contributed by atoms with Crippen LogP contribution in [-0.4, -0.2) is 36.1 Å². The average molecular weight is 247 g/mol. The van der Waals surface area contributed by atoms with Gasteiger partial charge in [-0.25, -0.2) is 13.6 Å². The molecule has 2 atom stereocenters. The number of nitrogens with zero attached hydrogens (tertiary/aromatic N) is 1. The minimum Gasteiger partial charge on any atom is -0.443 e. The second kappa shape index (κ2) is 5.19. The molecule has 0 aromatic carbocycles. The van der Waals surface area contributed by atoms with Crippen molar-refractivity contribution in [3.8, 4) is 0 Å². The van der Waals surface area contributed by atoms with E-state index < -0.39 is 19.1 Å². The van der Waals surface area contributed by atoms with Crippen LogP contribution in [0.25, 0.3) is 0 Å². The van der Waals surface area contributed by atoms with E-state index in [0.717, 1.165) is 32.1 Å². The fraction of sp³-hybridized carbons (Fsp3) is 0.917. The molecule has 2 rings (SSSR count). The molecule has 2 aliphatic rings. The number of alkyl halides is 2. The molecule has 2 heterocycles. The zero-order chi connectivity index (χ0) is 12.4. The van der Waals surface area contributed by atoms with E-state index in [9.17, 15) is 13.6 Å². The molecule has 0 aliphatic carbocycles. The van der Waals surface area contributed by atoms with Gasteiger partial charge in [-0.15, -0.1) is 0 Å². The lowest BCUT2D eigenvalue weighted by atomic mass is 9.89. The molecule has 0 spiro atoms. The zero-order valence-corrected chi connectivity index (χ0v) is 10.1. The van der Waals surface area contributed by atoms with Gasteiger partial charge < -0.3 is 9.64 Å². The number of rotatable bonds is 3. The van der Waals surface area contributed by atoms with E-state index in [1.54, 1.807) is 4.90 Å². The molecule has 2 fully saturated rings. The summed E-state index contributed by atoms with van der Waals surface area (Å²) in [5.41, 5.74) is 0. The van der Waals surface area contributed by atoms with Crippen molar-refractivity contribution in [3.05, 3.63) is 0 Å². The third-order valence-electron chi connectivity index (χ3n) is 3.95. The molecule has 0 aromatic rings. The van der Waals surface area contributed by atoms with Crippen LogP contribution in [0.4, 0.5) is 13.6 Å². The smallest absolute Gasteiger partial charge is 0.410 e. The predicted octanol–water partition coefficient (Wildman–Crippen LogP) is 3.04. The van der Waals surface area contributed by atoms with Gasteiger partial charge in [-0.3, -0.25) is 0 Å². The van der Waals surface area contributed by atoms with Crippen molar-refractivity contribution < 1.29 is 18.3 Å². The molecule has 3 nitrogen and oxygen atoms in total. The Morgan fingerprint density at radius 1 is 1.35 bits per heavy atom. The Bertz CT molecular complexity index is 272. The van der Waals surface area contributed by atoms with Gasteiger partial charge in [-0.1, -0.05) is 13.3 Å². The number of carbonyl (C=O) groups is 1. The Hall–Kier alpha value is -0.870. The van der Waals surface area contributed by atoms with Crippen molar-refractivity contribution in [1.29, 1.82) is 0 Å². The maximum Gasteiger partial charge on any atom is 0.410 e. The molecule has 2 saturated heterocycles. The second-order valence-corrected chi connectivity index (χ2v) is 5.01. The van der Waals surface area contributed by atoms with Crippen LogP contribution in [-0.2, 0) is 4.74 Å². The number of hydrogen-bond acceptors (Lipinski definition) is 2. The molecule has 17 heavy (non-hydrogen) atoms. The lowest BCUT2D eigenvalue weighted by Gasteiger charge is -2.37. The minimum absolute atomic E-state index is 0.212. The fourth-order valence-electron chi connectivity index (χ4n) is 3.13. The summed E-state index contributed by atoms with van der Waals surface area (Å²) >= 11 is 0. The first kappa shape index (κ1) is 12.6. The molecule has 0 N–H and O–H groups in total. The van der Waals surface area contributed by atoms with Crippen LogP contribution < -0.4 is 0 Å². The van der Waals surface area contributed by atoms with Gasteiger partial charge in [0.1, 0.15) is 0 Å². The Morgan fingerprint density at radius 2 is 1.94 bits per heavy atom. The van der Waals surface area contributed by atoms with Crippen molar-refractivity contribution in [2.24, 2.45) is 5.92 Å². The zero-order valence-electron chi connectivity index (χ0n) is 10.1. The minimum atomic E-state index is -2.58. The molecule has 5 heteroatoms. The van der Waals surface area contributed by atoms with Crippen molar-refractivity contribution in [3.63, 3.8) is 0 Å². The third-order valence-corrected chi connectivity index (χ3v) is 3.95. The van der Waals surface area contributed by atoms with Crippen molar-refractivity contribution in [1.82, 2.24) is 4.90 Å². The quantitative estimate of drug-likeness (QED) is 0.767. The lowest BCUT2D eigenvalue weighted by Crippen LogP contribution is -2.47. The Morgan fingerprint density at radius 3 is 2.41 bits per heavy atom. The summed E-state index contributed by atoms with van der Waals surface area (Å²) in [5, 5.41) is 0. The molecular weight excluding hydrogens is 228 g/mol. The lowest BCUT2D eigenvalue weighted by molar-refractivity contribution is 0.0135. The Kier molecular flexibility index (Phi) is 3.84. The van der Waals surface area contributed by atoms with E-state index in [0.29, 0.717) is 5.92 Å². The molecule has 2 aliphatic heterocycles. The van der Waals surface area contributed by atoms with E-state index in [4.69, 9.17) is 0 Å². The van der Waals surface area contributed by atoms with Crippen LogP contribution in [0, 0.1) is 5.92 Å². The molecule has 2 bridgehead atoms. The first-order chi connectivity index (χ1) is 8.11. The number of hydrogen-bond donors (Lipinski definition) is 0. The number of halogens is 2. The highest BCUT2D eigenvalue weighted by Crippen LogP contribution is 2.40. The molecule has 98 valence electrons. The number of piperidine rings is 1. The summed E-state index contributed by atoms with van der Waals surface area (Å²) in [6, 6.07) is 0.424. The van der Waals surface area contributed by atoms with Crippen LogP contribution in [0.1, 0.15) is 39.0 Å². The molecular formula is C12H19F2NO2. The second-order valence-electron chi connectivity index (χ2n) is 5.01. The Labute approximate surface area is 100 Å². The highest BCUT2D eigenvalue weighted by Gasteiger charge is 2.43. The summed E-state index contributed by atoms with van der Waals surface area (Å²) in [6.45, 7) is 1.38. The standard InChI is InChI=1S/C12H19F2NO2/c1-2-8-5-9-3-4-10(6-8)15(9)12(16)17-7-11(13)14/h8-11H,2-7H2,1H3. The largest absolute Gasteiger partial charge is 0.443 e. The summed E-state index contributed by atoms with van der Waals surface area (Å²) in [7, 11) is 0. The molecule has 0 aromatic heterocycles. The first-order valence-corrected chi connectivity index (χ1v) is 6.35. The summed E-state index contributed by atoms with van der Waals surface area (Å²) in [4.78, 5) is 13.4. The van der Waals surface area contributed by atoms with Gasteiger partial charge in [-0.2, -0.15) is 0 Å². The van der Waals surface area contributed by atoms with Crippen LogP contribution in [0.15, 0.2) is 0 Å². The SMILES string of the molecule is CCC1CC2CCC(C1)N2C(=O)OCC(F)F. The van der Waals surface area contributed by atoms with Gasteiger partial charge in [0.2, 0.25) is 0 Å². The maximum atomic E-state index is 12.0. The van der Waals surface area contributed by atoms with Gasteiger partial charge >= 0.3 is 6.09 Å². The highest BCUT2D eigenvalue weighted by molar-refractivity contribution is 5.69. The van der Waals surface area contributed by atoms with Gasteiger partial charge in [-0.05, 0) is 31.6 Å². The highest BCUT2D eigenvalue weighted by atomic mass is 19.3. The van der Waals surface area contributed by atoms with Crippen molar-refractivity contribution >= 4 is 6.09 Å². The number of fused-ring (bicyclic) bond motifs is 2. The van der Waals surface area contributed by atoms with E-state index in [2.05, 4.69) is 11.7 Å². The number of carbonyl (C=O) groups excluding carboxylic acids is 1. The maximum absolute atomic E-state index is 12.0. The monoisotopic (exact) mass is 247 g/mol. The molecule has 2 unspecified atom stereocenters. The summed E-state index contributed by atoms with van der Waals surface area (Å²) in [5.74, 6) is 0.673. The van der Waals surface area contributed by atoms with Crippen LogP contribution >= 0.6 is 0 Å². The van der Waals surface area contributed by atoms with E-state index in [1.165, 1.54) is 0 Å². The van der Waals surface area contributed by atoms with Crippen molar-refractivity contribution in [2.75, 3.05) is 6.61 Å². The van der Waals surface area contributed by atoms with Gasteiger partial charge in [0.25, 0.3) is 6.43 Å². The third kappa shape index (κ3) is 2.69. The van der Waals surface area contributed by atoms with Crippen LogP contribution in [0.2, 0.25) is 0 Å². The first-order valence-electron chi connectivity index (χ1n) is 6.35. The van der Waals surface area contributed by atoms with Crippen molar-refractivity contribution in [2.45, 2.75) is 57.5 Å². The van der Waals surface area contributed by atoms with Crippen LogP contribution in [0.5, 0.6) is 0 Å². The molecule has 0 saturated carbocycles. The molecule has 1 amide bonds. The summed E-state index contributed by atoms with van der Waals surface area (Å²) < 4.78 is 28.6. The van der Waals surface area contributed by atoms with Gasteiger partial charge in [0.05, 0.1) is 0 Å². The average Bonchev–Trinajstić information content (AvgIpc) is 2.57. The number of ether oxygens (including phenoxy) is 1. The van der Waals surface area contributed by atoms with E-state index >= 15 is 0 Å². The van der Waals surface area contributed by atoms with Crippen LogP contribution in [0.3, 0.4) is 0 Å². The predicted molar refractivity (Wildman–Crippen MR) is 59.0 cm³/mol. The Balaban J connectivity index is 1.92. The van der Waals surface area contributed by atoms with E-state index in [1.807, 2.05) is 0 Å². The van der Waals surface area contributed by atoms with Gasteiger partial charge in [0, 0.05) is 12.1 Å². The number of amides is 1. The topological polar surface area (TPSA) is 29.5 Å². The normalized spacial score (nSPS) is 32.0.